The van der Waals surface area contributed by atoms with Gasteiger partial charge in [-0.15, -0.1) is 11.3 Å². The second-order valence-electron chi connectivity index (χ2n) is 10.4. The number of aryl methyl sites for hydroxylation is 1. The summed E-state index contributed by atoms with van der Waals surface area (Å²) in [6.07, 6.45) is 2.97. The lowest BCUT2D eigenvalue weighted by molar-refractivity contribution is 0.0950. The number of fused-ring (bicyclic) bond motifs is 2. The summed E-state index contributed by atoms with van der Waals surface area (Å²) in [5.74, 6) is 0.585. The Morgan fingerprint density at radius 2 is 1.68 bits per heavy atom. The number of aromatic nitrogens is 1. The van der Waals surface area contributed by atoms with Gasteiger partial charge in [-0.05, 0) is 66.3 Å². The van der Waals surface area contributed by atoms with Gasteiger partial charge in [-0.3, -0.25) is 19.8 Å². The van der Waals surface area contributed by atoms with Crippen LogP contribution in [0.3, 0.4) is 0 Å². The summed E-state index contributed by atoms with van der Waals surface area (Å²) < 4.78 is 10.5. The van der Waals surface area contributed by atoms with Crippen LogP contribution in [-0.2, 0) is 32.5 Å². The van der Waals surface area contributed by atoms with E-state index >= 15 is 0 Å². The zero-order valence-electron chi connectivity index (χ0n) is 23.1. The Morgan fingerprint density at radius 3 is 2.44 bits per heavy atom. The lowest BCUT2D eigenvalue weighted by Gasteiger charge is -2.30. The molecular weight excluding hydrogens is 536 g/mol. The maximum Gasteiger partial charge on any atom is 0.257 e. The van der Waals surface area contributed by atoms with E-state index < -0.39 is 0 Å². The maximum atomic E-state index is 13.1. The monoisotopic (exact) mass is 568 g/mol. The van der Waals surface area contributed by atoms with Gasteiger partial charge in [0, 0.05) is 41.7 Å². The van der Waals surface area contributed by atoms with Crippen molar-refractivity contribution in [3.8, 4) is 11.5 Å². The van der Waals surface area contributed by atoms with E-state index in [0.717, 1.165) is 43.6 Å². The fourth-order valence-electron chi connectivity index (χ4n) is 5.59. The van der Waals surface area contributed by atoms with E-state index in [1.807, 2.05) is 12.1 Å². The largest absolute Gasteiger partial charge is 0.493 e. The maximum absolute atomic E-state index is 13.1. The van der Waals surface area contributed by atoms with Crippen molar-refractivity contribution in [3.63, 3.8) is 0 Å². The lowest BCUT2D eigenvalue weighted by atomic mass is 9.96. The number of amides is 2. The predicted octanol–water partition coefficient (Wildman–Crippen LogP) is 5.22. The van der Waals surface area contributed by atoms with Gasteiger partial charge in [0.15, 0.2) is 16.6 Å². The Labute approximate surface area is 243 Å². The van der Waals surface area contributed by atoms with Gasteiger partial charge >= 0.3 is 0 Å². The topological polar surface area (TPSA) is 92.8 Å². The molecule has 4 aromatic rings. The second kappa shape index (κ2) is 11.7. The number of nitrogens with zero attached hydrogens (tertiary/aromatic N) is 2. The van der Waals surface area contributed by atoms with Crippen LogP contribution in [0.25, 0.3) is 0 Å². The Bertz CT molecular complexity index is 1580. The van der Waals surface area contributed by atoms with Crippen LogP contribution in [0.4, 0.5) is 5.13 Å². The molecule has 0 radical (unpaired) electrons. The van der Waals surface area contributed by atoms with Gasteiger partial charge < -0.3 is 14.8 Å². The first-order chi connectivity index (χ1) is 20.0. The molecule has 2 aliphatic rings. The van der Waals surface area contributed by atoms with Gasteiger partial charge in [-0.1, -0.05) is 36.4 Å². The van der Waals surface area contributed by atoms with Crippen molar-refractivity contribution in [1.82, 2.24) is 15.2 Å². The number of nitrogens with one attached hydrogen (secondary N) is 2. The summed E-state index contributed by atoms with van der Waals surface area (Å²) in [4.78, 5) is 34.4. The summed E-state index contributed by atoms with van der Waals surface area (Å²) in [6, 6.07) is 21.4. The summed E-state index contributed by atoms with van der Waals surface area (Å²) in [7, 11) is 3.08. The first-order valence-corrected chi connectivity index (χ1v) is 14.5. The smallest absolute Gasteiger partial charge is 0.257 e. The van der Waals surface area contributed by atoms with Crippen LogP contribution in [-0.4, -0.2) is 42.0 Å². The number of methoxy groups -OCH3 is 2. The summed E-state index contributed by atoms with van der Waals surface area (Å²) >= 11 is 1.58. The molecule has 8 nitrogen and oxygen atoms in total. The fraction of sp³-hybridized carbons (Fsp3) is 0.281. The number of hydrogen-bond donors (Lipinski definition) is 2. The number of thiazole rings is 1. The molecule has 2 amide bonds. The number of benzene rings is 3. The van der Waals surface area contributed by atoms with Crippen LogP contribution < -0.4 is 20.1 Å². The predicted molar refractivity (Wildman–Crippen MR) is 159 cm³/mol. The standard InChI is InChI=1S/C32H32N4O4S/c1-39-27-13-10-22(15-28(27)40-2)30(37)33-17-20-6-5-9-21(14-20)31(38)35-32-34-26-12-11-25(16-29(26)41-32)36-18-23-7-3-4-8-24(23)19-36/h3-10,13-15,25H,11-12,16-19H2,1-2H3,(H,33,37)(H,34,35,38)/t25-/m0/s1. The van der Waals surface area contributed by atoms with Gasteiger partial charge in [-0.25, -0.2) is 4.98 Å². The van der Waals surface area contributed by atoms with E-state index in [0.29, 0.717) is 33.8 Å². The van der Waals surface area contributed by atoms with Crippen LogP contribution in [0.5, 0.6) is 11.5 Å². The van der Waals surface area contributed by atoms with Crippen molar-refractivity contribution in [2.75, 3.05) is 19.5 Å². The Kier molecular flexibility index (Phi) is 7.71. The van der Waals surface area contributed by atoms with E-state index in [2.05, 4.69) is 39.8 Å². The van der Waals surface area contributed by atoms with E-state index in [1.165, 1.54) is 23.1 Å². The number of ether oxygens (including phenoxy) is 2. The summed E-state index contributed by atoms with van der Waals surface area (Å²) in [5.41, 5.74) is 5.76. The number of carbonyl (C=O) groups is 2. The second-order valence-corrected chi connectivity index (χ2v) is 11.4. The van der Waals surface area contributed by atoms with Gasteiger partial charge in [0.25, 0.3) is 11.8 Å². The van der Waals surface area contributed by atoms with Gasteiger partial charge in [0.1, 0.15) is 0 Å². The first-order valence-electron chi connectivity index (χ1n) is 13.7. The van der Waals surface area contributed by atoms with Crippen LogP contribution in [0, 0.1) is 0 Å². The van der Waals surface area contributed by atoms with E-state index in [1.54, 1.807) is 48.8 Å². The molecule has 1 aliphatic carbocycles. The molecule has 1 aromatic heterocycles. The van der Waals surface area contributed by atoms with Crippen molar-refractivity contribution >= 4 is 28.3 Å². The molecule has 0 saturated heterocycles. The average molecular weight is 569 g/mol. The van der Waals surface area contributed by atoms with E-state index in [4.69, 9.17) is 14.5 Å². The highest BCUT2D eigenvalue weighted by Gasteiger charge is 2.30. The zero-order chi connectivity index (χ0) is 28.3. The zero-order valence-corrected chi connectivity index (χ0v) is 23.9. The van der Waals surface area contributed by atoms with Gasteiger partial charge in [0.2, 0.25) is 0 Å². The molecule has 2 heterocycles. The van der Waals surface area contributed by atoms with Gasteiger partial charge in [0.05, 0.1) is 19.9 Å². The summed E-state index contributed by atoms with van der Waals surface area (Å²) in [6.45, 7) is 2.29. The Balaban J connectivity index is 1.06. The minimum Gasteiger partial charge on any atom is -0.493 e. The number of carbonyl (C=O) groups excluding carboxylic acids is 2. The molecule has 9 heteroatoms. The molecule has 0 unspecified atom stereocenters. The van der Waals surface area contributed by atoms with Crippen molar-refractivity contribution < 1.29 is 19.1 Å². The third-order valence-electron chi connectivity index (χ3n) is 7.80. The van der Waals surface area contributed by atoms with Gasteiger partial charge in [-0.2, -0.15) is 0 Å². The first kappa shape index (κ1) is 27.0. The molecule has 210 valence electrons. The normalized spacial score (nSPS) is 16.0. The van der Waals surface area contributed by atoms with E-state index in [-0.39, 0.29) is 18.4 Å². The van der Waals surface area contributed by atoms with E-state index in [9.17, 15) is 9.59 Å². The highest BCUT2D eigenvalue weighted by molar-refractivity contribution is 7.15. The number of anilines is 1. The van der Waals surface area contributed by atoms with Crippen molar-refractivity contribution in [1.29, 1.82) is 0 Å². The SMILES string of the molecule is COc1ccc(C(=O)NCc2cccc(C(=O)Nc3nc4c(s3)C[C@@H](N3Cc5ccccc5C3)CC4)c2)cc1OC. The fourth-order valence-corrected chi connectivity index (χ4v) is 6.67. The molecule has 0 bridgehead atoms. The summed E-state index contributed by atoms with van der Waals surface area (Å²) in [5, 5.41) is 6.54. The minimum absolute atomic E-state index is 0.212. The highest BCUT2D eigenvalue weighted by atomic mass is 32.1. The molecule has 0 fully saturated rings. The third kappa shape index (κ3) is 5.82. The number of hydrogen-bond acceptors (Lipinski definition) is 7. The molecule has 3 aromatic carbocycles. The van der Waals surface area contributed by atoms with Crippen molar-refractivity contribution in [2.24, 2.45) is 0 Å². The van der Waals surface area contributed by atoms with Crippen LogP contribution >= 0.6 is 11.3 Å². The van der Waals surface area contributed by atoms with Crippen molar-refractivity contribution in [2.45, 2.75) is 44.9 Å². The van der Waals surface area contributed by atoms with Crippen molar-refractivity contribution in [3.05, 3.63) is 105 Å². The minimum atomic E-state index is -0.245. The lowest BCUT2D eigenvalue weighted by Crippen LogP contribution is -2.35. The number of rotatable bonds is 8. The Morgan fingerprint density at radius 1 is 0.927 bits per heavy atom. The molecular formula is C32H32N4O4S. The molecule has 2 N–H and O–H groups in total. The highest BCUT2D eigenvalue weighted by Crippen LogP contribution is 2.35. The Hall–Kier alpha value is -4.21. The van der Waals surface area contributed by atoms with Crippen LogP contribution in [0.15, 0.2) is 66.7 Å². The molecule has 41 heavy (non-hydrogen) atoms. The van der Waals surface area contributed by atoms with Crippen LogP contribution in [0.1, 0.15) is 54.4 Å². The quantitative estimate of drug-likeness (QED) is 0.303. The molecule has 1 aliphatic heterocycles. The molecule has 6 rings (SSSR count). The average Bonchev–Trinajstić information content (AvgIpc) is 3.63. The third-order valence-corrected chi connectivity index (χ3v) is 8.84. The molecule has 0 spiro atoms. The molecule has 1 atom stereocenters. The molecule has 0 saturated carbocycles. The van der Waals surface area contributed by atoms with Crippen LogP contribution in [0.2, 0.25) is 0 Å².